The molecule has 0 radical (unpaired) electrons. The van der Waals surface area contributed by atoms with Crippen LogP contribution in [0.15, 0.2) is 98.6 Å². The molecule has 0 aliphatic rings. The van der Waals surface area contributed by atoms with E-state index >= 15 is 0 Å². The highest BCUT2D eigenvalue weighted by Crippen LogP contribution is 2.15. The molecule has 3 aromatic carbocycles. The fourth-order valence-corrected chi connectivity index (χ4v) is 2.73. The zero-order valence-corrected chi connectivity index (χ0v) is 21.1. The van der Waals surface area contributed by atoms with Gasteiger partial charge in [0.15, 0.2) is 0 Å². The Morgan fingerprint density at radius 1 is 0.600 bits per heavy atom. The SMILES string of the molecule is C=Cc1ccc(OCCCCOc2ccc(C=C)cc2)cc1.C=Cc1ccccc1.CCCCO. The quantitative estimate of drug-likeness (QED) is 0.269. The van der Waals surface area contributed by atoms with Crippen LogP contribution < -0.4 is 9.47 Å². The van der Waals surface area contributed by atoms with Gasteiger partial charge in [-0.15, -0.1) is 0 Å². The second-order valence-corrected chi connectivity index (χ2v) is 7.64. The molecule has 0 heterocycles. The average molecular weight is 473 g/mol. The van der Waals surface area contributed by atoms with Gasteiger partial charge in [-0.2, -0.15) is 0 Å². The van der Waals surface area contributed by atoms with E-state index in [1.807, 2.05) is 97.1 Å². The number of aliphatic hydroxyl groups is 1. The summed E-state index contributed by atoms with van der Waals surface area (Å²) < 4.78 is 11.4. The normalized spacial score (nSPS) is 9.43. The first-order valence-corrected chi connectivity index (χ1v) is 12.2. The predicted octanol–water partition coefficient (Wildman–Crippen LogP) is 8.32. The molecule has 0 atom stereocenters. The van der Waals surface area contributed by atoms with Crippen molar-refractivity contribution in [2.45, 2.75) is 32.6 Å². The molecular weight excluding hydrogens is 432 g/mol. The van der Waals surface area contributed by atoms with Crippen molar-refractivity contribution in [1.82, 2.24) is 0 Å². The molecule has 0 aliphatic heterocycles. The number of hydrogen-bond donors (Lipinski definition) is 1. The summed E-state index contributed by atoms with van der Waals surface area (Å²) in [4.78, 5) is 0. The number of ether oxygens (including phenoxy) is 2. The summed E-state index contributed by atoms with van der Waals surface area (Å²) in [6.07, 6.45) is 9.45. The molecule has 35 heavy (non-hydrogen) atoms. The molecular formula is C32H40O3. The first kappa shape index (κ1) is 29.5. The second-order valence-electron chi connectivity index (χ2n) is 7.64. The van der Waals surface area contributed by atoms with Crippen LogP contribution >= 0.6 is 0 Å². The van der Waals surface area contributed by atoms with Gasteiger partial charge in [-0.1, -0.05) is 106 Å². The molecule has 3 nitrogen and oxygen atoms in total. The summed E-state index contributed by atoms with van der Waals surface area (Å²) in [5.41, 5.74) is 3.37. The largest absolute Gasteiger partial charge is 0.494 e. The van der Waals surface area contributed by atoms with E-state index in [1.165, 1.54) is 5.56 Å². The minimum absolute atomic E-state index is 0.344. The highest BCUT2D eigenvalue weighted by Gasteiger charge is 1.96. The van der Waals surface area contributed by atoms with E-state index in [9.17, 15) is 0 Å². The van der Waals surface area contributed by atoms with Gasteiger partial charge in [0.1, 0.15) is 11.5 Å². The van der Waals surface area contributed by atoms with E-state index in [-0.39, 0.29) is 0 Å². The molecule has 186 valence electrons. The Balaban J connectivity index is 0.000000385. The lowest BCUT2D eigenvalue weighted by Crippen LogP contribution is -2.02. The third-order valence-corrected chi connectivity index (χ3v) is 4.85. The summed E-state index contributed by atoms with van der Waals surface area (Å²) >= 11 is 0. The Bertz CT molecular complexity index is 871. The molecule has 0 unspecified atom stereocenters. The van der Waals surface area contributed by atoms with Crippen LogP contribution in [-0.2, 0) is 0 Å². The predicted molar refractivity (Wildman–Crippen MR) is 152 cm³/mol. The third-order valence-electron chi connectivity index (χ3n) is 4.85. The van der Waals surface area contributed by atoms with Crippen LogP contribution in [0, 0.1) is 0 Å². The van der Waals surface area contributed by atoms with Crippen LogP contribution in [0.3, 0.4) is 0 Å². The molecule has 1 N–H and O–H groups in total. The van der Waals surface area contributed by atoms with E-state index in [0.29, 0.717) is 19.8 Å². The van der Waals surface area contributed by atoms with Gasteiger partial charge in [-0.3, -0.25) is 0 Å². The van der Waals surface area contributed by atoms with Crippen LogP contribution in [0.2, 0.25) is 0 Å². The Morgan fingerprint density at radius 3 is 1.29 bits per heavy atom. The fraction of sp³-hybridized carbons (Fsp3) is 0.250. The lowest BCUT2D eigenvalue weighted by atomic mass is 10.2. The first-order chi connectivity index (χ1) is 17.2. The van der Waals surface area contributed by atoms with Crippen LogP contribution in [0.5, 0.6) is 11.5 Å². The molecule has 0 saturated heterocycles. The minimum Gasteiger partial charge on any atom is -0.494 e. The number of aliphatic hydroxyl groups excluding tert-OH is 1. The van der Waals surface area contributed by atoms with Crippen molar-refractivity contribution in [3.8, 4) is 11.5 Å². The zero-order chi connectivity index (χ0) is 25.6. The Morgan fingerprint density at radius 2 is 1.00 bits per heavy atom. The van der Waals surface area contributed by atoms with Crippen molar-refractivity contribution >= 4 is 18.2 Å². The molecule has 0 fully saturated rings. The number of hydrogen-bond acceptors (Lipinski definition) is 3. The first-order valence-electron chi connectivity index (χ1n) is 12.2. The number of unbranched alkanes of at least 4 members (excludes halogenated alkanes) is 2. The summed E-state index contributed by atoms with van der Waals surface area (Å²) in [6.45, 7) is 14.9. The summed E-state index contributed by atoms with van der Waals surface area (Å²) in [5.74, 6) is 1.79. The van der Waals surface area contributed by atoms with Gasteiger partial charge in [-0.25, -0.2) is 0 Å². The van der Waals surface area contributed by atoms with Crippen molar-refractivity contribution in [3.05, 3.63) is 115 Å². The Hall–Kier alpha value is -3.56. The molecule has 3 heteroatoms. The molecule has 3 rings (SSSR count). The van der Waals surface area contributed by atoms with E-state index in [0.717, 1.165) is 48.3 Å². The van der Waals surface area contributed by atoms with Crippen molar-refractivity contribution in [3.63, 3.8) is 0 Å². The maximum Gasteiger partial charge on any atom is 0.119 e. The Labute approximate surface area is 212 Å². The average Bonchev–Trinajstić information content (AvgIpc) is 2.93. The van der Waals surface area contributed by atoms with E-state index in [2.05, 4.69) is 26.7 Å². The van der Waals surface area contributed by atoms with Gasteiger partial charge in [0.25, 0.3) is 0 Å². The van der Waals surface area contributed by atoms with Gasteiger partial charge in [-0.05, 0) is 60.2 Å². The fourth-order valence-electron chi connectivity index (χ4n) is 2.73. The highest BCUT2D eigenvalue weighted by molar-refractivity contribution is 5.49. The van der Waals surface area contributed by atoms with Crippen LogP contribution in [-0.4, -0.2) is 24.9 Å². The van der Waals surface area contributed by atoms with Crippen LogP contribution in [0.25, 0.3) is 18.2 Å². The zero-order valence-electron chi connectivity index (χ0n) is 21.1. The Kier molecular flexibility index (Phi) is 16.7. The standard InChI is InChI=1S/C20H22O2.C8H8.C4H10O/c1-3-17-7-11-19(12-8-17)21-15-5-6-16-22-20-13-9-18(4-2)10-14-20;1-2-8-6-4-3-5-7-8;1-2-3-4-5/h3-4,7-14H,1-2,5-6,15-16H2;2-7H,1H2;5H,2-4H2,1H3. The van der Waals surface area contributed by atoms with Gasteiger partial charge in [0.2, 0.25) is 0 Å². The topological polar surface area (TPSA) is 38.7 Å². The lowest BCUT2D eigenvalue weighted by Gasteiger charge is -2.08. The van der Waals surface area contributed by atoms with Crippen LogP contribution in [0.1, 0.15) is 49.3 Å². The maximum absolute atomic E-state index is 8.07. The molecule has 0 saturated carbocycles. The van der Waals surface area contributed by atoms with E-state index in [1.54, 1.807) is 0 Å². The summed E-state index contributed by atoms with van der Waals surface area (Å²) in [6, 6.07) is 25.9. The van der Waals surface area contributed by atoms with E-state index in [4.69, 9.17) is 14.6 Å². The van der Waals surface area contributed by atoms with E-state index < -0.39 is 0 Å². The molecule has 0 spiro atoms. The monoisotopic (exact) mass is 472 g/mol. The van der Waals surface area contributed by atoms with Crippen molar-refractivity contribution in [2.75, 3.05) is 19.8 Å². The highest BCUT2D eigenvalue weighted by atomic mass is 16.5. The maximum atomic E-state index is 8.07. The summed E-state index contributed by atoms with van der Waals surface area (Å²) in [7, 11) is 0. The molecule has 0 bridgehead atoms. The number of benzene rings is 3. The van der Waals surface area contributed by atoms with Gasteiger partial charge in [0, 0.05) is 6.61 Å². The number of rotatable bonds is 12. The minimum atomic E-state index is 0.344. The second kappa shape index (κ2) is 19.9. The summed E-state index contributed by atoms with van der Waals surface area (Å²) in [5, 5.41) is 8.07. The van der Waals surface area contributed by atoms with Crippen molar-refractivity contribution in [1.29, 1.82) is 0 Å². The molecule has 0 aromatic heterocycles. The van der Waals surface area contributed by atoms with Gasteiger partial charge >= 0.3 is 0 Å². The van der Waals surface area contributed by atoms with Gasteiger partial charge < -0.3 is 14.6 Å². The smallest absolute Gasteiger partial charge is 0.119 e. The van der Waals surface area contributed by atoms with Crippen molar-refractivity contribution in [2.24, 2.45) is 0 Å². The van der Waals surface area contributed by atoms with Crippen LogP contribution in [0.4, 0.5) is 0 Å². The van der Waals surface area contributed by atoms with Gasteiger partial charge in [0.05, 0.1) is 13.2 Å². The molecule has 0 aliphatic carbocycles. The third kappa shape index (κ3) is 14.3. The lowest BCUT2D eigenvalue weighted by molar-refractivity contribution is 0.266. The molecule has 0 amide bonds. The molecule has 3 aromatic rings. The van der Waals surface area contributed by atoms with Crippen molar-refractivity contribution < 1.29 is 14.6 Å².